The van der Waals surface area contributed by atoms with Gasteiger partial charge in [0.1, 0.15) is 11.6 Å². The monoisotopic (exact) mass is 548 g/mol. The van der Waals surface area contributed by atoms with Crippen molar-refractivity contribution in [2.24, 2.45) is 22.2 Å². The number of benzene rings is 2. The number of nitrogens with two attached hydrogens (primary N) is 3. The Morgan fingerprint density at radius 3 is 2.62 bits per heavy atom. The van der Waals surface area contributed by atoms with Gasteiger partial charge in [-0.05, 0) is 43.4 Å². The number of nitrogens with one attached hydrogen (secondary N) is 1. The third kappa shape index (κ3) is 5.63. The smallest absolute Gasteiger partial charge is 0.258 e. The Labute approximate surface area is 230 Å². The van der Waals surface area contributed by atoms with Crippen LogP contribution in [-0.4, -0.2) is 75.8 Å². The van der Waals surface area contributed by atoms with Crippen LogP contribution in [0, 0.1) is 0 Å². The number of hydrazine groups is 1. The first-order valence-corrected chi connectivity index (χ1v) is 13.7. The minimum absolute atomic E-state index is 0.101. The Morgan fingerprint density at radius 1 is 1.13 bits per heavy atom. The Morgan fingerprint density at radius 2 is 1.87 bits per heavy atom. The Balaban J connectivity index is 1.34. The summed E-state index contributed by atoms with van der Waals surface area (Å²) >= 11 is 1.27. The molecule has 2 aliphatic rings. The molecule has 204 valence electrons. The number of guanidine groups is 1. The summed E-state index contributed by atoms with van der Waals surface area (Å²) < 4.78 is 0.873. The van der Waals surface area contributed by atoms with E-state index in [1.165, 1.54) is 16.3 Å². The van der Waals surface area contributed by atoms with Crippen LogP contribution in [0.4, 0.5) is 0 Å². The summed E-state index contributed by atoms with van der Waals surface area (Å²) in [6.07, 6.45) is 1.48. The van der Waals surface area contributed by atoms with Gasteiger partial charge in [0, 0.05) is 19.6 Å². The van der Waals surface area contributed by atoms with Crippen molar-refractivity contribution in [1.29, 1.82) is 0 Å². The fraction of sp³-hybridized carbons (Fsp3) is 0.370. The SMILES string of the molecule is NC(N)=NCC[C@H](NC(=O)[C@@H]1CCN2CC[C@@](N)(Cc3ccccc3)C(=O)N12)C(=O)c1nc2ccccc2s1. The fourth-order valence-electron chi connectivity index (χ4n) is 5.20. The molecule has 0 unspecified atom stereocenters. The van der Waals surface area contributed by atoms with Crippen molar-refractivity contribution in [3.05, 3.63) is 65.2 Å². The lowest BCUT2D eigenvalue weighted by atomic mass is 9.85. The lowest BCUT2D eigenvalue weighted by molar-refractivity contribution is -0.165. The zero-order valence-electron chi connectivity index (χ0n) is 21.5. The van der Waals surface area contributed by atoms with Crippen molar-refractivity contribution in [2.45, 2.75) is 43.3 Å². The molecule has 0 saturated carbocycles. The van der Waals surface area contributed by atoms with Crippen LogP contribution in [0.2, 0.25) is 0 Å². The molecule has 2 aliphatic heterocycles. The maximum atomic E-state index is 13.7. The lowest BCUT2D eigenvalue weighted by Crippen LogP contribution is -2.67. The number of hydrogen-bond donors (Lipinski definition) is 4. The van der Waals surface area contributed by atoms with E-state index in [1.807, 2.05) is 59.6 Å². The van der Waals surface area contributed by atoms with E-state index >= 15 is 0 Å². The molecule has 3 heterocycles. The number of ketones is 1. The van der Waals surface area contributed by atoms with Gasteiger partial charge in [-0.15, -0.1) is 11.3 Å². The van der Waals surface area contributed by atoms with Crippen LogP contribution in [0.5, 0.6) is 0 Å². The topological polar surface area (TPSA) is 173 Å². The maximum Gasteiger partial charge on any atom is 0.258 e. The summed E-state index contributed by atoms with van der Waals surface area (Å²) in [6.45, 7) is 1.26. The highest BCUT2D eigenvalue weighted by Gasteiger charge is 2.51. The molecule has 2 fully saturated rings. The van der Waals surface area contributed by atoms with Gasteiger partial charge < -0.3 is 22.5 Å². The number of para-hydroxylation sites is 1. The van der Waals surface area contributed by atoms with Gasteiger partial charge in [-0.1, -0.05) is 42.5 Å². The predicted molar refractivity (Wildman–Crippen MR) is 150 cm³/mol. The Bertz CT molecular complexity index is 1370. The second-order valence-corrected chi connectivity index (χ2v) is 11.0. The number of carbonyl (C=O) groups excluding carboxylic acids is 3. The van der Waals surface area contributed by atoms with Gasteiger partial charge in [0.2, 0.25) is 11.7 Å². The van der Waals surface area contributed by atoms with Gasteiger partial charge in [0.05, 0.1) is 16.3 Å². The second-order valence-electron chi connectivity index (χ2n) is 9.98. The number of nitrogens with zero attached hydrogens (tertiary/aromatic N) is 4. The Kier molecular flexibility index (Phi) is 7.60. The molecule has 0 spiro atoms. The van der Waals surface area contributed by atoms with E-state index in [-0.39, 0.29) is 35.6 Å². The molecule has 0 radical (unpaired) electrons. The zero-order chi connectivity index (χ0) is 27.6. The first kappa shape index (κ1) is 26.7. The normalized spacial score (nSPS) is 21.9. The number of thiazole rings is 1. The van der Waals surface area contributed by atoms with Crippen molar-refractivity contribution >= 4 is 45.1 Å². The molecule has 2 amide bonds. The third-order valence-electron chi connectivity index (χ3n) is 7.23. The number of rotatable bonds is 9. The average Bonchev–Trinajstić information content (AvgIpc) is 3.55. The molecule has 0 bridgehead atoms. The van der Waals surface area contributed by atoms with Crippen molar-refractivity contribution in [3.8, 4) is 0 Å². The van der Waals surface area contributed by atoms with Gasteiger partial charge in [-0.3, -0.25) is 24.4 Å². The number of aliphatic imine (C=N–C) groups is 1. The van der Waals surface area contributed by atoms with Crippen LogP contribution in [0.3, 0.4) is 0 Å². The number of hydrogen-bond acceptors (Lipinski definition) is 8. The van der Waals surface area contributed by atoms with E-state index in [0.717, 1.165) is 10.3 Å². The summed E-state index contributed by atoms with van der Waals surface area (Å²) in [6, 6.07) is 15.4. The minimum Gasteiger partial charge on any atom is -0.370 e. The molecular weight excluding hydrogens is 516 g/mol. The van der Waals surface area contributed by atoms with Crippen LogP contribution >= 0.6 is 11.3 Å². The first-order chi connectivity index (χ1) is 18.7. The molecule has 7 N–H and O–H groups in total. The van der Waals surface area contributed by atoms with Gasteiger partial charge in [0.15, 0.2) is 11.0 Å². The van der Waals surface area contributed by atoms with Crippen molar-refractivity contribution < 1.29 is 14.4 Å². The minimum atomic E-state index is -1.12. The molecule has 11 nitrogen and oxygen atoms in total. The van der Waals surface area contributed by atoms with E-state index in [0.29, 0.717) is 37.9 Å². The summed E-state index contributed by atoms with van der Waals surface area (Å²) in [5.74, 6) is -1.13. The van der Waals surface area contributed by atoms with Gasteiger partial charge >= 0.3 is 0 Å². The maximum absolute atomic E-state index is 13.7. The van der Waals surface area contributed by atoms with E-state index in [9.17, 15) is 14.4 Å². The van der Waals surface area contributed by atoms with Crippen molar-refractivity contribution in [2.75, 3.05) is 19.6 Å². The number of aromatic nitrogens is 1. The van der Waals surface area contributed by atoms with Crippen molar-refractivity contribution in [1.82, 2.24) is 20.3 Å². The Hall–Kier alpha value is -3.87. The number of carbonyl (C=O) groups is 3. The molecule has 5 rings (SSSR count). The molecule has 0 aliphatic carbocycles. The highest BCUT2D eigenvalue weighted by atomic mass is 32.1. The third-order valence-corrected chi connectivity index (χ3v) is 8.28. The van der Waals surface area contributed by atoms with Crippen LogP contribution in [0.15, 0.2) is 59.6 Å². The molecule has 2 saturated heterocycles. The van der Waals surface area contributed by atoms with Crippen LogP contribution in [0.25, 0.3) is 10.2 Å². The fourth-order valence-corrected chi connectivity index (χ4v) is 6.16. The van der Waals surface area contributed by atoms with Crippen LogP contribution in [-0.2, 0) is 16.0 Å². The second kappa shape index (κ2) is 11.1. The number of Topliss-reactive ketones (excluding diaryl/α,β-unsaturated/α-hetero) is 1. The molecular formula is C27H32N8O3S. The first-order valence-electron chi connectivity index (χ1n) is 12.9. The predicted octanol–water partition coefficient (Wildman–Crippen LogP) is 0.789. The molecule has 3 atom stereocenters. The molecule has 1 aromatic heterocycles. The summed E-state index contributed by atoms with van der Waals surface area (Å²) in [5.41, 5.74) is 18.2. The van der Waals surface area contributed by atoms with E-state index in [2.05, 4.69) is 15.3 Å². The molecule has 39 heavy (non-hydrogen) atoms. The summed E-state index contributed by atoms with van der Waals surface area (Å²) in [4.78, 5) is 49.3. The van der Waals surface area contributed by atoms with Crippen molar-refractivity contribution in [3.63, 3.8) is 0 Å². The highest BCUT2D eigenvalue weighted by Crippen LogP contribution is 2.31. The van der Waals surface area contributed by atoms with Gasteiger partial charge in [0.25, 0.3) is 5.91 Å². The molecule has 3 aromatic rings. The quantitative estimate of drug-likeness (QED) is 0.173. The van der Waals surface area contributed by atoms with Crippen LogP contribution in [0.1, 0.15) is 34.6 Å². The number of fused-ring (bicyclic) bond motifs is 2. The van der Waals surface area contributed by atoms with Crippen LogP contribution < -0.4 is 22.5 Å². The number of amides is 2. The van der Waals surface area contributed by atoms with E-state index in [4.69, 9.17) is 17.2 Å². The molecule has 2 aromatic carbocycles. The van der Waals surface area contributed by atoms with E-state index < -0.39 is 23.5 Å². The molecule has 12 heteroatoms. The standard InChI is InChI=1S/C27H32N8O3S/c28-26(29)31-13-10-19(22(36)24-33-18-8-4-5-9-21(18)39-24)32-23(37)20-11-14-34-15-12-27(30,25(38)35(20)34)16-17-6-2-1-3-7-17/h1-9,19-20H,10-16,30H2,(H,32,37)(H4,28,29,31)/t19-,20-,27+/m0/s1. The van der Waals surface area contributed by atoms with Gasteiger partial charge in [-0.2, -0.15) is 0 Å². The lowest BCUT2D eigenvalue weighted by Gasteiger charge is -2.44. The summed E-state index contributed by atoms with van der Waals surface area (Å²) in [7, 11) is 0. The van der Waals surface area contributed by atoms with E-state index in [1.54, 1.807) is 0 Å². The largest absolute Gasteiger partial charge is 0.370 e. The highest BCUT2D eigenvalue weighted by molar-refractivity contribution is 7.20. The van der Waals surface area contributed by atoms with Gasteiger partial charge in [-0.25, -0.2) is 9.99 Å². The average molecular weight is 549 g/mol. The summed E-state index contributed by atoms with van der Waals surface area (Å²) in [5, 5.41) is 6.54. The zero-order valence-corrected chi connectivity index (χ0v) is 22.3.